The summed E-state index contributed by atoms with van der Waals surface area (Å²) in [6.07, 6.45) is 0. The van der Waals surface area contributed by atoms with Gasteiger partial charge in [0.15, 0.2) is 17.2 Å². The topological polar surface area (TPSA) is 33.0 Å². The molecule has 14 heavy (non-hydrogen) atoms. The maximum atomic E-state index is 13.2. The molecule has 0 aliphatic heterocycles. The molecule has 74 valence electrons. The molecule has 0 saturated heterocycles. The van der Waals surface area contributed by atoms with Gasteiger partial charge in [0.1, 0.15) is 6.07 Å². The van der Waals surface area contributed by atoms with E-state index in [0.29, 0.717) is 0 Å². The van der Waals surface area contributed by atoms with Crippen LogP contribution in [0.5, 0.6) is 5.75 Å². The fourth-order valence-electron chi connectivity index (χ4n) is 0.987. The lowest BCUT2D eigenvalue weighted by molar-refractivity contribution is 0.162. The zero-order chi connectivity index (χ0) is 10.8. The van der Waals surface area contributed by atoms with Crippen LogP contribution in [0, 0.1) is 24.1 Å². The standard InChI is InChI=1S/C11H12FNO/c1-8-4-5-9(12)10(6-8)14-11(2,3)7-13/h4-6H,1-3H3. The molecule has 0 aromatic heterocycles. The van der Waals surface area contributed by atoms with E-state index in [1.807, 2.05) is 13.0 Å². The molecule has 0 amide bonds. The second kappa shape index (κ2) is 3.67. The molecular weight excluding hydrogens is 181 g/mol. The van der Waals surface area contributed by atoms with Gasteiger partial charge < -0.3 is 4.74 Å². The van der Waals surface area contributed by atoms with E-state index >= 15 is 0 Å². The number of ether oxygens (including phenoxy) is 1. The van der Waals surface area contributed by atoms with Crippen LogP contribution in [0.15, 0.2) is 18.2 Å². The maximum absolute atomic E-state index is 13.2. The molecule has 0 aliphatic rings. The lowest BCUT2D eigenvalue weighted by atomic mass is 10.1. The van der Waals surface area contributed by atoms with Crippen LogP contribution in [0.3, 0.4) is 0 Å². The van der Waals surface area contributed by atoms with Crippen molar-refractivity contribution in [2.75, 3.05) is 0 Å². The second-order valence-electron chi connectivity index (χ2n) is 3.66. The van der Waals surface area contributed by atoms with Crippen LogP contribution in [-0.2, 0) is 0 Å². The highest BCUT2D eigenvalue weighted by atomic mass is 19.1. The maximum Gasteiger partial charge on any atom is 0.188 e. The quantitative estimate of drug-likeness (QED) is 0.723. The SMILES string of the molecule is Cc1ccc(F)c(OC(C)(C)C#N)c1. The molecule has 0 spiro atoms. The van der Waals surface area contributed by atoms with E-state index in [-0.39, 0.29) is 5.75 Å². The Morgan fingerprint density at radius 1 is 1.43 bits per heavy atom. The summed E-state index contributed by atoms with van der Waals surface area (Å²) in [6, 6.07) is 6.51. The fraction of sp³-hybridized carbons (Fsp3) is 0.364. The number of benzene rings is 1. The average molecular weight is 193 g/mol. The highest BCUT2D eigenvalue weighted by Crippen LogP contribution is 2.22. The van der Waals surface area contributed by atoms with Crippen molar-refractivity contribution in [3.8, 4) is 11.8 Å². The molecule has 1 aromatic carbocycles. The van der Waals surface area contributed by atoms with Gasteiger partial charge in [0.25, 0.3) is 0 Å². The average Bonchev–Trinajstić information content (AvgIpc) is 2.11. The van der Waals surface area contributed by atoms with E-state index in [4.69, 9.17) is 10.00 Å². The van der Waals surface area contributed by atoms with Crippen molar-refractivity contribution in [1.82, 2.24) is 0 Å². The molecular formula is C11H12FNO. The summed E-state index contributed by atoms with van der Waals surface area (Å²) in [7, 11) is 0. The van der Waals surface area contributed by atoms with Gasteiger partial charge in [0.2, 0.25) is 0 Å². The van der Waals surface area contributed by atoms with Gasteiger partial charge >= 0.3 is 0 Å². The second-order valence-corrected chi connectivity index (χ2v) is 3.66. The Hall–Kier alpha value is -1.56. The zero-order valence-corrected chi connectivity index (χ0v) is 8.47. The molecule has 0 bridgehead atoms. The van der Waals surface area contributed by atoms with E-state index < -0.39 is 11.4 Å². The smallest absolute Gasteiger partial charge is 0.188 e. The Labute approximate surface area is 82.9 Å². The van der Waals surface area contributed by atoms with E-state index in [2.05, 4.69) is 0 Å². The molecule has 0 N–H and O–H groups in total. The number of halogens is 1. The van der Waals surface area contributed by atoms with Gasteiger partial charge in [-0.05, 0) is 38.5 Å². The number of rotatable bonds is 2. The molecule has 0 fully saturated rings. The summed E-state index contributed by atoms with van der Waals surface area (Å²) in [6.45, 7) is 5.02. The number of nitrogens with zero attached hydrogens (tertiary/aromatic N) is 1. The molecule has 0 saturated carbocycles. The van der Waals surface area contributed by atoms with Crippen LogP contribution in [0.25, 0.3) is 0 Å². The Morgan fingerprint density at radius 2 is 2.07 bits per heavy atom. The van der Waals surface area contributed by atoms with Crippen molar-refractivity contribution >= 4 is 0 Å². The van der Waals surface area contributed by atoms with Crippen molar-refractivity contribution in [3.05, 3.63) is 29.6 Å². The first-order valence-electron chi connectivity index (χ1n) is 4.31. The van der Waals surface area contributed by atoms with Gasteiger partial charge in [-0.1, -0.05) is 6.07 Å². The van der Waals surface area contributed by atoms with Gasteiger partial charge in [0.05, 0.1) is 0 Å². The summed E-state index contributed by atoms with van der Waals surface area (Å²) in [5.74, 6) is -0.324. The summed E-state index contributed by atoms with van der Waals surface area (Å²) in [5.41, 5.74) is -0.107. The lowest BCUT2D eigenvalue weighted by Crippen LogP contribution is -2.26. The van der Waals surface area contributed by atoms with E-state index in [9.17, 15) is 4.39 Å². The van der Waals surface area contributed by atoms with Gasteiger partial charge in [-0.3, -0.25) is 0 Å². The van der Waals surface area contributed by atoms with Crippen molar-refractivity contribution in [2.45, 2.75) is 26.4 Å². The Morgan fingerprint density at radius 3 is 2.64 bits per heavy atom. The highest BCUT2D eigenvalue weighted by Gasteiger charge is 2.20. The summed E-state index contributed by atoms with van der Waals surface area (Å²) in [4.78, 5) is 0. The van der Waals surface area contributed by atoms with Gasteiger partial charge in [-0.15, -0.1) is 0 Å². The minimum Gasteiger partial charge on any atom is -0.470 e. The third kappa shape index (κ3) is 2.46. The predicted octanol–water partition coefficient (Wildman–Crippen LogP) is 2.82. The van der Waals surface area contributed by atoms with E-state index in [1.165, 1.54) is 6.07 Å². The molecule has 0 unspecified atom stereocenters. The monoisotopic (exact) mass is 193 g/mol. The van der Waals surface area contributed by atoms with Crippen molar-refractivity contribution in [1.29, 1.82) is 5.26 Å². The number of hydrogen-bond donors (Lipinski definition) is 0. The summed E-state index contributed by atoms with van der Waals surface area (Å²) in [5, 5.41) is 8.72. The molecule has 1 aromatic rings. The van der Waals surface area contributed by atoms with Crippen LogP contribution in [0.2, 0.25) is 0 Å². The molecule has 0 atom stereocenters. The zero-order valence-electron chi connectivity index (χ0n) is 8.47. The number of hydrogen-bond acceptors (Lipinski definition) is 2. The molecule has 0 radical (unpaired) electrons. The van der Waals surface area contributed by atoms with Crippen LogP contribution in [0.1, 0.15) is 19.4 Å². The number of nitriles is 1. The molecule has 2 nitrogen and oxygen atoms in total. The highest BCUT2D eigenvalue weighted by molar-refractivity contribution is 5.30. The lowest BCUT2D eigenvalue weighted by Gasteiger charge is -2.18. The Balaban J connectivity index is 2.98. The van der Waals surface area contributed by atoms with Crippen LogP contribution in [0.4, 0.5) is 4.39 Å². The minimum absolute atomic E-state index is 0.122. The molecule has 1 rings (SSSR count). The minimum atomic E-state index is -1.01. The van der Waals surface area contributed by atoms with Crippen molar-refractivity contribution < 1.29 is 9.13 Å². The Bertz CT molecular complexity index is 379. The van der Waals surface area contributed by atoms with Gasteiger partial charge in [0, 0.05) is 0 Å². The van der Waals surface area contributed by atoms with Gasteiger partial charge in [-0.25, -0.2) is 4.39 Å². The normalized spacial score (nSPS) is 10.8. The van der Waals surface area contributed by atoms with Crippen LogP contribution in [-0.4, -0.2) is 5.60 Å². The first-order valence-corrected chi connectivity index (χ1v) is 4.31. The van der Waals surface area contributed by atoms with Crippen LogP contribution >= 0.6 is 0 Å². The van der Waals surface area contributed by atoms with Crippen molar-refractivity contribution in [3.63, 3.8) is 0 Å². The summed E-state index contributed by atoms with van der Waals surface area (Å²) >= 11 is 0. The third-order valence-corrected chi connectivity index (χ3v) is 1.72. The molecule has 0 aliphatic carbocycles. The first kappa shape index (κ1) is 10.5. The largest absolute Gasteiger partial charge is 0.470 e. The van der Waals surface area contributed by atoms with E-state index in [0.717, 1.165) is 5.56 Å². The summed E-state index contributed by atoms with van der Waals surface area (Å²) < 4.78 is 18.4. The molecule has 0 heterocycles. The fourth-order valence-corrected chi connectivity index (χ4v) is 0.987. The Kier molecular flexibility index (Phi) is 2.76. The predicted molar refractivity (Wildman–Crippen MR) is 51.5 cm³/mol. The van der Waals surface area contributed by atoms with Crippen LogP contribution < -0.4 is 4.74 Å². The van der Waals surface area contributed by atoms with Gasteiger partial charge in [-0.2, -0.15) is 5.26 Å². The van der Waals surface area contributed by atoms with Crippen molar-refractivity contribution in [2.24, 2.45) is 0 Å². The molecule has 3 heteroatoms. The number of aryl methyl sites for hydroxylation is 1. The first-order chi connectivity index (χ1) is 6.44. The third-order valence-electron chi connectivity index (χ3n) is 1.72. The van der Waals surface area contributed by atoms with E-state index in [1.54, 1.807) is 26.0 Å².